The summed E-state index contributed by atoms with van der Waals surface area (Å²) in [6.45, 7) is -1.56. The monoisotopic (exact) mass is 454 g/mol. The van der Waals surface area contributed by atoms with E-state index >= 15 is 0 Å². The SMILES string of the molecule is CN1CCC[C@@H](Nc2nnc(-c3ccc(C(F)(F)F)nc3OC(F)F)c3ccncc23)C1. The van der Waals surface area contributed by atoms with Crippen molar-refractivity contribution in [3.05, 3.63) is 36.3 Å². The number of nitrogens with one attached hydrogen (secondary N) is 1. The molecule has 0 unspecified atom stereocenters. The van der Waals surface area contributed by atoms with E-state index in [9.17, 15) is 22.0 Å². The molecule has 32 heavy (non-hydrogen) atoms. The predicted octanol–water partition coefficient (Wildman–Crippen LogP) is 4.21. The minimum absolute atomic E-state index is 0.0607. The van der Waals surface area contributed by atoms with E-state index in [0.29, 0.717) is 22.7 Å². The highest BCUT2D eigenvalue weighted by Gasteiger charge is 2.34. The zero-order chi connectivity index (χ0) is 22.9. The second kappa shape index (κ2) is 8.77. The Kier molecular flexibility index (Phi) is 6.04. The lowest BCUT2D eigenvalue weighted by atomic mass is 10.0. The molecule has 1 atom stereocenters. The van der Waals surface area contributed by atoms with Crippen molar-refractivity contribution in [3.8, 4) is 17.1 Å². The van der Waals surface area contributed by atoms with Crippen molar-refractivity contribution in [1.82, 2.24) is 25.1 Å². The van der Waals surface area contributed by atoms with Crippen LogP contribution < -0.4 is 10.1 Å². The summed E-state index contributed by atoms with van der Waals surface area (Å²) in [5.41, 5.74) is -1.42. The molecule has 0 radical (unpaired) electrons. The fourth-order valence-corrected chi connectivity index (χ4v) is 3.73. The van der Waals surface area contributed by atoms with E-state index in [1.165, 1.54) is 12.4 Å². The number of fused-ring (bicyclic) bond motifs is 1. The van der Waals surface area contributed by atoms with Crippen LogP contribution in [0.2, 0.25) is 0 Å². The van der Waals surface area contributed by atoms with Crippen LogP contribution in [-0.2, 0) is 6.18 Å². The van der Waals surface area contributed by atoms with Gasteiger partial charge in [-0.3, -0.25) is 4.98 Å². The minimum Gasteiger partial charge on any atom is -0.416 e. The largest absolute Gasteiger partial charge is 0.433 e. The molecule has 12 heteroatoms. The second-order valence-electron chi connectivity index (χ2n) is 7.49. The molecule has 0 aromatic carbocycles. The number of halogens is 5. The molecule has 0 bridgehead atoms. The molecule has 1 N–H and O–H groups in total. The molecule has 1 aliphatic rings. The Labute approximate surface area is 179 Å². The Morgan fingerprint density at radius 3 is 2.69 bits per heavy atom. The fourth-order valence-electron chi connectivity index (χ4n) is 3.73. The minimum atomic E-state index is -4.82. The van der Waals surface area contributed by atoms with Gasteiger partial charge in [0.1, 0.15) is 11.4 Å². The van der Waals surface area contributed by atoms with Crippen LogP contribution >= 0.6 is 0 Å². The third kappa shape index (κ3) is 4.69. The first kappa shape index (κ1) is 22.1. The van der Waals surface area contributed by atoms with Crippen LogP contribution in [0.1, 0.15) is 18.5 Å². The molecule has 4 rings (SSSR count). The standard InChI is InChI=1S/C20H19F5N6O/c1-31-8-2-3-11(10-31)27-17-14-9-26-7-6-12(14)16(29-30-17)13-4-5-15(20(23,24)25)28-18(13)32-19(21)22/h4-7,9,11,19H,2-3,8,10H2,1H3,(H,27,30)/t11-/m1/s1. The fraction of sp³-hybridized carbons (Fsp3) is 0.400. The van der Waals surface area contributed by atoms with Crippen LogP contribution in [-0.4, -0.2) is 57.9 Å². The smallest absolute Gasteiger partial charge is 0.416 e. The summed E-state index contributed by atoms with van der Waals surface area (Å²) in [5.74, 6) is -0.426. The van der Waals surface area contributed by atoms with Crippen LogP contribution in [0, 0.1) is 0 Å². The maximum Gasteiger partial charge on any atom is 0.433 e. The van der Waals surface area contributed by atoms with E-state index < -0.39 is 24.4 Å². The Hall–Kier alpha value is -3.15. The van der Waals surface area contributed by atoms with E-state index in [2.05, 4.69) is 35.1 Å². The zero-order valence-electron chi connectivity index (χ0n) is 16.9. The first-order valence-corrected chi connectivity index (χ1v) is 9.81. The summed E-state index contributed by atoms with van der Waals surface area (Å²) < 4.78 is 69.2. The zero-order valence-corrected chi connectivity index (χ0v) is 16.9. The summed E-state index contributed by atoms with van der Waals surface area (Å²) in [4.78, 5) is 9.55. The van der Waals surface area contributed by atoms with E-state index in [0.717, 1.165) is 32.0 Å². The first-order valence-electron chi connectivity index (χ1n) is 9.81. The van der Waals surface area contributed by atoms with Gasteiger partial charge < -0.3 is 15.0 Å². The number of piperidine rings is 1. The topological polar surface area (TPSA) is 76.1 Å². The molecule has 0 saturated carbocycles. The van der Waals surface area contributed by atoms with Gasteiger partial charge >= 0.3 is 12.8 Å². The number of pyridine rings is 2. The third-order valence-corrected chi connectivity index (χ3v) is 5.15. The molecule has 1 fully saturated rings. The average Bonchev–Trinajstić information content (AvgIpc) is 2.73. The lowest BCUT2D eigenvalue weighted by molar-refractivity contribution is -0.142. The number of likely N-dealkylation sites (N-methyl/N-ethyl adjacent to an activating group) is 1. The van der Waals surface area contributed by atoms with Crippen LogP contribution in [0.3, 0.4) is 0 Å². The van der Waals surface area contributed by atoms with Crippen molar-refractivity contribution in [2.45, 2.75) is 31.7 Å². The van der Waals surface area contributed by atoms with E-state index in [1.807, 2.05) is 7.05 Å². The van der Waals surface area contributed by atoms with Gasteiger partial charge in [-0.25, -0.2) is 4.98 Å². The summed E-state index contributed by atoms with van der Waals surface area (Å²) in [6, 6.07) is 3.40. The van der Waals surface area contributed by atoms with Gasteiger partial charge in [-0.2, -0.15) is 22.0 Å². The Morgan fingerprint density at radius 1 is 1.16 bits per heavy atom. The van der Waals surface area contributed by atoms with Crippen LogP contribution in [0.25, 0.3) is 22.0 Å². The predicted molar refractivity (Wildman–Crippen MR) is 106 cm³/mol. The number of nitrogens with zero attached hydrogens (tertiary/aromatic N) is 5. The molecular formula is C20H19F5N6O. The number of anilines is 1. The van der Waals surface area contributed by atoms with Crippen LogP contribution in [0.5, 0.6) is 5.88 Å². The van der Waals surface area contributed by atoms with Crippen molar-refractivity contribution in [2.75, 3.05) is 25.5 Å². The maximum atomic E-state index is 13.0. The third-order valence-electron chi connectivity index (χ3n) is 5.15. The first-order chi connectivity index (χ1) is 15.2. The Bertz CT molecular complexity index is 1110. The number of hydrogen-bond donors (Lipinski definition) is 1. The molecule has 3 aromatic heterocycles. The van der Waals surface area contributed by atoms with E-state index in [-0.39, 0.29) is 17.3 Å². The molecule has 1 saturated heterocycles. The lowest BCUT2D eigenvalue weighted by Crippen LogP contribution is -2.40. The molecule has 4 heterocycles. The van der Waals surface area contributed by atoms with E-state index in [4.69, 9.17) is 0 Å². The normalized spacial score (nSPS) is 17.7. The van der Waals surface area contributed by atoms with Crippen LogP contribution in [0.15, 0.2) is 30.6 Å². The molecule has 0 amide bonds. The molecule has 0 aliphatic carbocycles. The van der Waals surface area contributed by atoms with Gasteiger partial charge in [-0.05, 0) is 44.6 Å². The summed E-state index contributed by atoms with van der Waals surface area (Å²) in [7, 11) is 2.02. The highest BCUT2D eigenvalue weighted by atomic mass is 19.4. The molecule has 170 valence electrons. The Morgan fingerprint density at radius 2 is 1.97 bits per heavy atom. The van der Waals surface area contributed by atoms with E-state index in [1.54, 1.807) is 6.07 Å². The number of likely N-dealkylation sites (tertiary alicyclic amines) is 1. The van der Waals surface area contributed by atoms with Gasteiger partial charge in [0, 0.05) is 35.8 Å². The van der Waals surface area contributed by atoms with Crippen molar-refractivity contribution < 1.29 is 26.7 Å². The van der Waals surface area contributed by atoms with Gasteiger partial charge in [0.05, 0.1) is 5.56 Å². The number of ether oxygens (including phenoxy) is 1. The van der Waals surface area contributed by atoms with Gasteiger partial charge in [0.15, 0.2) is 5.82 Å². The van der Waals surface area contributed by atoms with Gasteiger partial charge in [0.2, 0.25) is 5.88 Å². The summed E-state index contributed by atoms with van der Waals surface area (Å²) in [5, 5.41) is 12.7. The molecule has 7 nitrogen and oxygen atoms in total. The van der Waals surface area contributed by atoms with Gasteiger partial charge in [-0.15, -0.1) is 10.2 Å². The average molecular weight is 454 g/mol. The van der Waals surface area contributed by atoms with Crippen molar-refractivity contribution in [1.29, 1.82) is 0 Å². The molecule has 0 spiro atoms. The van der Waals surface area contributed by atoms with Crippen LogP contribution in [0.4, 0.5) is 27.8 Å². The lowest BCUT2D eigenvalue weighted by Gasteiger charge is -2.30. The second-order valence-corrected chi connectivity index (χ2v) is 7.49. The number of aromatic nitrogens is 4. The number of rotatable bonds is 5. The van der Waals surface area contributed by atoms with Gasteiger partial charge in [-0.1, -0.05) is 0 Å². The summed E-state index contributed by atoms with van der Waals surface area (Å²) in [6.07, 6.45) is 0.133. The highest BCUT2D eigenvalue weighted by molar-refractivity contribution is 6.00. The molecular weight excluding hydrogens is 435 g/mol. The maximum absolute atomic E-state index is 13.0. The molecule has 3 aromatic rings. The van der Waals surface area contributed by atoms with Crippen molar-refractivity contribution in [2.24, 2.45) is 0 Å². The quantitative estimate of drug-likeness (QED) is 0.579. The van der Waals surface area contributed by atoms with Crippen molar-refractivity contribution >= 4 is 16.6 Å². The molecule has 1 aliphatic heterocycles. The van der Waals surface area contributed by atoms with Crippen molar-refractivity contribution in [3.63, 3.8) is 0 Å². The summed E-state index contributed by atoms with van der Waals surface area (Å²) >= 11 is 0. The Balaban J connectivity index is 1.78. The highest BCUT2D eigenvalue weighted by Crippen LogP contribution is 2.37. The van der Waals surface area contributed by atoms with Gasteiger partial charge in [0.25, 0.3) is 0 Å². The number of alkyl halides is 5. The number of hydrogen-bond acceptors (Lipinski definition) is 7.